The van der Waals surface area contributed by atoms with Crippen molar-refractivity contribution in [1.29, 1.82) is 0 Å². The molecule has 3 rings (SSSR count). The van der Waals surface area contributed by atoms with Crippen molar-refractivity contribution in [2.24, 2.45) is 0 Å². The van der Waals surface area contributed by atoms with Gasteiger partial charge in [-0.2, -0.15) is 0 Å². The first-order valence-electron chi connectivity index (χ1n) is 5.89. The number of phenolic OH excluding ortho intramolecular Hbond substituents is 1. The smallest absolute Gasteiger partial charge is 0.165 e. The number of aromatic hydroxyl groups is 1. The van der Waals surface area contributed by atoms with Crippen LogP contribution in [0.15, 0.2) is 48.7 Å². The summed E-state index contributed by atoms with van der Waals surface area (Å²) in [5, 5.41) is 20.3. The highest BCUT2D eigenvalue weighted by Crippen LogP contribution is 2.39. The Hall–Kier alpha value is -2.30. The topological polar surface area (TPSA) is 62.6 Å². The Balaban J connectivity index is 2.28. The van der Waals surface area contributed by atoms with E-state index in [1.807, 2.05) is 0 Å². The largest absolute Gasteiger partial charge is 0.505 e. The zero-order valence-electron chi connectivity index (χ0n) is 10.2. The van der Waals surface area contributed by atoms with Gasteiger partial charge in [0.25, 0.3) is 0 Å². The number of nitrogens with zero attached hydrogens (tertiary/aromatic N) is 1. The Morgan fingerprint density at radius 1 is 1.10 bits per heavy atom. The number of benzene rings is 2. The fourth-order valence-electron chi connectivity index (χ4n) is 2.13. The van der Waals surface area contributed by atoms with Crippen LogP contribution in [-0.4, -0.2) is 15.3 Å². The second-order valence-electron chi connectivity index (χ2n) is 4.27. The van der Waals surface area contributed by atoms with Gasteiger partial charge in [-0.1, -0.05) is 23.7 Å². The van der Waals surface area contributed by atoms with Crippen LogP contribution in [0.3, 0.4) is 0 Å². The van der Waals surface area contributed by atoms with Crippen molar-refractivity contribution in [2.45, 2.75) is 0 Å². The van der Waals surface area contributed by atoms with E-state index in [0.29, 0.717) is 27.1 Å². The zero-order valence-corrected chi connectivity index (χ0v) is 11.0. The molecule has 0 saturated heterocycles. The van der Waals surface area contributed by atoms with E-state index in [-0.39, 0.29) is 11.5 Å². The molecule has 0 aliphatic rings. The summed E-state index contributed by atoms with van der Waals surface area (Å²) >= 11 is 6.23. The number of hydrogen-bond acceptors (Lipinski definition) is 4. The Bertz CT molecular complexity index is 789. The minimum absolute atomic E-state index is 0.0417. The molecule has 0 radical (unpaired) electrons. The van der Waals surface area contributed by atoms with Crippen molar-refractivity contribution in [3.8, 4) is 22.6 Å². The molecule has 0 unspecified atom stereocenters. The van der Waals surface area contributed by atoms with E-state index in [4.69, 9.17) is 16.9 Å². The number of aromatic nitrogens is 1. The molecule has 1 heterocycles. The van der Waals surface area contributed by atoms with Gasteiger partial charge in [-0.3, -0.25) is 4.98 Å². The van der Waals surface area contributed by atoms with E-state index in [0.717, 1.165) is 0 Å². The zero-order chi connectivity index (χ0) is 14.1. The van der Waals surface area contributed by atoms with E-state index >= 15 is 0 Å². The summed E-state index contributed by atoms with van der Waals surface area (Å²) in [4.78, 5) is 8.36. The SMILES string of the molecule is OOc1cccc(-c2cc(Cl)c3cccnc3c2O)c1. The molecule has 0 fully saturated rings. The van der Waals surface area contributed by atoms with Crippen molar-refractivity contribution < 1.29 is 15.3 Å². The van der Waals surface area contributed by atoms with E-state index in [1.165, 1.54) is 0 Å². The molecule has 3 aromatic rings. The molecule has 1 aromatic heterocycles. The van der Waals surface area contributed by atoms with Crippen LogP contribution in [0.5, 0.6) is 11.5 Å². The average molecular weight is 288 g/mol. The van der Waals surface area contributed by atoms with E-state index in [2.05, 4.69) is 9.87 Å². The highest BCUT2D eigenvalue weighted by molar-refractivity contribution is 6.36. The summed E-state index contributed by atoms with van der Waals surface area (Å²) in [7, 11) is 0. The molecule has 4 nitrogen and oxygen atoms in total. The predicted molar refractivity (Wildman–Crippen MR) is 77.1 cm³/mol. The van der Waals surface area contributed by atoms with Gasteiger partial charge < -0.3 is 9.99 Å². The van der Waals surface area contributed by atoms with Crippen molar-refractivity contribution in [3.63, 3.8) is 0 Å². The predicted octanol–water partition coefficient (Wildman–Crippen LogP) is 4.11. The number of phenols is 1. The van der Waals surface area contributed by atoms with Crippen LogP contribution in [0.1, 0.15) is 0 Å². The first kappa shape index (κ1) is 12.7. The molecule has 0 saturated carbocycles. The molecule has 0 spiro atoms. The maximum absolute atomic E-state index is 10.4. The quantitative estimate of drug-likeness (QED) is 0.550. The third-order valence-electron chi connectivity index (χ3n) is 3.07. The fraction of sp³-hybridized carbons (Fsp3) is 0. The van der Waals surface area contributed by atoms with Gasteiger partial charge in [0.05, 0.1) is 5.02 Å². The summed E-state index contributed by atoms with van der Waals surface area (Å²) in [5.41, 5.74) is 1.63. The van der Waals surface area contributed by atoms with Gasteiger partial charge in [0, 0.05) is 17.1 Å². The van der Waals surface area contributed by atoms with Gasteiger partial charge in [-0.05, 0) is 35.9 Å². The number of rotatable bonds is 2. The molecule has 20 heavy (non-hydrogen) atoms. The van der Waals surface area contributed by atoms with Crippen LogP contribution < -0.4 is 4.89 Å². The highest BCUT2D eigenvalue weighted by atomic mass is 35.5. The summed E-state index contributed by atoms with van der Waals surface area (Å²) in [5.74, 6) is 0.319. The van der Waals surface area contributed by atoms with Crippen LogP contribution in [0, 0.1) is 0 Å². The van der Waals surface area contributed by atoms with E-state index < -0.39 is 0 Å². The lowest BCUT2D eigenvalue weighted by atomic mass is 10.0. The normalized spacial score (nSPS) is 10.7. The standard InChI is InChI=1S/C15H10ClNO3/c16-13-8-12(9-3-1-4-10(7-9)20-19)15(18)14-11(13)5-2-6-17-14/h1-8,18-19H. The van der Waals surface area contributed by atoms with Crippen molar-refractivity contribution in [1.82, 2.24) is 4.98 Å². The average Bonchev–Trinajstić information content (AvgIpc) is 2.51. The Kier molecular flexibility index (Phi) is 3.18. The second-order valence-corrected chi connectivity index (χ2v) is 4.68. The Morgan fingerprint density at radius 2 is 1.95 bits per heavy atom. The van der Waals surface area contributed by atoms with E-state index in [1.54, 1.807) is 48.7 Å². The molecule has 0 aliphatic carbocycles. The maximum atomic E-state index is 10.4. The lowest BCUT2D eigenvalue weighted by Gasteiger charge is -2.10. The maximum Gasteiger partial charge on any atom is 0.165 e. The number of fused-ring (bicyclic) bond motifs is 1. The molecule has 0 atom stereocenters. The van der Waals surface area contributed by atoms with Crippen molar-refractivity contribution in [3.05, 3.63) is 53.7 Å². The fourth-order valence-corrected chi connectivity index (χ4v) is 2.39. The van der Waals surface area contributed by atoms with Gasteiger partial charge in [0.1, 0.15) is 11.3 Å². The second kappa shape index (κ2) is 5.00. The van der Waals surface area contributed by atoms with Gasteiger partial charge in [0.2, 0.25) is 0 Å². The molecular formula is C15H10ClNO3. The van der Waals surface area contributed by atoms with Gasteiger partial charge in [0.15, 0.2) is 5.75 Å². The number of hydrogen-bond donors (Lipinski definition) is 2. The number of halogens is 1. The molecule has 0 aliphatic heterocycles. The third-order valence-corrected chi connectivity index (χ3v) is 3.38. The lowest BCUT2D eigenvalue weighted by Crippen LogP contribution is -1.87. The van der Waals surface area contributed by atoms with Gasteiger partial charge >= 0.3 is 0 Å². The molecule has 0 amide bonds. The van der Waals surface area contributed by atoms with E-state index in [9.17, 15) is 5.11 Å². The minimum Gasteiger partial charge on any atom is -0.505 e. The summed E-state index contributed by atoms with van der Waals surface area (Å²) in [6.07, 6.45) is 1.59. The first-order valence-corrected chi connectivity index (χ1v) is 6.26. The Labute approximate surface area is 119 Å². The molecule has 0 bridgehead atoms. The summed E-state index contributed by atoms with van der Waals surface area (Å²) < 4.78 is 0. The van der Waals surface area contributed by atoms with Gasteiger partial charge in [-0.15, -0.1) is 0 Å². The van der Waals surface area contributed by atoms with Crippen LogP contribution in [0.4, 0.5) is 0 Å². The molecule has 100 valence electrons. The lowest BCUT2D eigenvalue weighted by molar-refractivity contribution is -0.137. The van der Waals surface area contributed by atoms with Crippen molar-refractivity contribution >= 4 is 22.5 Å². The highest BCUT2D eigenvalue weighted by Gasteiger charge is 2.13. The third kappa shape index (κ3) is 2.05. The van der Waals surface area contributed by atoms with Crippen LogP contribution in [0.25, 0.3) is 22.0 Å². The number of pyridine rings is 1. The monoisotopic (exact) mass is 287 g/mol. The first-order chi connectivity index (χ1) is 9.70. The van der Waals surface area contributed by atoms with Gasteiger partial charge in [-0.25, -0.2) is 5.26 Å². The minimum atomic E-state index is 0.0417. The summed E-state index contributed by atoms with van der Waals surface area (Å²) in [6, 6.07) is 11.9. The molecular weight excluding hydrogens is 278 g/mol. The van der Waals surface area contributed by atoms with Crippen LogP contribution in [-0.2, 0) is 0 Å². The molecule has 2 N–H and O–H groups in total. The molecule has 5 heteroatoms. The Morgan fingerprint density at radius 3 is 2.75 bits per heavy atom. The summed E-state index contributed by atoms with van der Waals surface area (Å²) in [6.45, 7) is 0. The van der Waals surface area contributed by atoms with Crippen LogP contribution >= 0.6 is 11.6 Å². The van der Waals surface area contributed by atoms with Crippen LogP contribution in [0.2, 0.25) is 5.02 Å². The van der Waals surface area contributed by atoms with Crippen molar-refractivity contribution in [2.75, 3.05) is 0 Å². The molecule has 2 aromatic carbocycles.